The van der Waals surface area contributed by atoms with Gasteiger partial charge in [-0.1, -0.05) is 13.8 Å². The van der Waals surface area contributed by atoms with Gasteiger partial charge in [-0.3, -0.25) is 19.7 Å². The van der Waals surface area contributed by atoms with Gasteiger partial charge in [0.1, 0.15) is 6.54 Å². The third-order valence-electron chi connectivity index (χ3n) is 2.85. The minimum atomic E-state index is -1.09. The molecule has 1 rings (SSSR count). The average molecular weight is 294 g/mol. The number of carboxylic acids is 1. The van der Waals surface area contributed by atoms with Crippen molar-refractivity contribution in [3.8, 4) is 0 Å². The second-order valence-electron chi connectivity index (χ2n) is 5.23. The van der Waals surface area contributed by atoms with Gasteiger partial charge in [0.2, 0.25) is 0 Å². The van der Waals surface area contributed by atoms with E-state index in [0.717, 1.165) is 0 Å². The molecule has 0 aliphatic heterocycles. The van der Waals surface area contributed by atoms with Crippen molar-refractivity contribution in [3.63, 3.8) is 0 Å². The lowest BCUT2D eigenvalue weighted by atomic mass is 10.1. The molecule has 1 aromatic rings. The summed E-state index contributed by atoms with van der Waals surface area (Å²) in [6.07, 6.45) is 0. The third kappa shape index (κ3) is 4.55. The second kappa shape index (κ2) is 6.83. The Bertz CT molecular complexity index is 568. The van der Waals surface area contributed by atoms with E-state index in [2.05, 4.69) is 0 Å². The van der Waals surface area contributed by atoms with Gasteiger partial charge in [0.25, 0.3) is 11.6 Å². The number of carbonyl (C=O) groups excluding carboxylic acids is 1. The molecule has 0 saturated heterocycles. The van der Waals surface area contributed by atoms with Crippen molar-refractivity contribution in [2.45, 2.75) is 20.8 Å². The van der Waals surface area contributed by atoms with Crippen molar-refractivity contribution in [2.75, 3.05) is 13.1 Å². The van der Waals surface area contributed by atoms with Crippen molar-refractivity contribution in [2.24, 2.45) is 5.92 Å². The molecule has 0 unspecified atom stereocenters. The topological polar surface area (TPSA) is 101 Å². The zero-order valence-corrected chi connectivity index (χ0v) is 12.2. The van der Waals surface area contributed by atoms with E-state index in [9.17, 15) is 19.7 Å². The minimum absolute atomic E-state index is 0.0994. The fourth-order valence-electron chi connectivity index (χ4n) is 2.00. The Morgan fingerprint density at radius 2 is 2.00 bits per heavy atom. The number of aliphatic carboxylic acids is 1. The lowest BCUT2D eigenvalue weighted by molar-refractivity contribution is -0.384. The van der Waals surface area contributed by atoms with Crippen LogP contribution in [0.4, 0.5) is 5.69 Å². The van der Waals surface area contributed by atoms with Gasteiger partial charge in [0.15, 0.2) is 0 Å². The van der Waals surface area contributed by atoms with E-state index in [1.165, 1.54) is 23.1 Å². The quantitative estimate of drug-likeness (QED) is 0.639. The molecule has 114 valence electrons. The van der Waals surface area contributed by atoms with E-state index in [1.807, 2.05) is 13.8 Å². The van der Waals surface area contributed by atoms with Crippen molar-refractivity contribution in [3.05, 3.63) is 39.4 Å². The summed E-state index contributed by atoms with van der Waals surface area (Å²) in [5.74, 6) is -1.41. The highest BCUT2D eigenvalue weighted by Gasteiger charge is 2.22. The van der Waals surface area contributed by atoms with Crippen LogP contribution in [0.15, 0.2) is 18.2 Å². The predicted molar refractivity (Wildman–Crippen MR) is 76.2 cm³/mol. The van der Waals surface area contributed by atoms with Crippen LogP contribution in [-0.4, -0.2) is 39.9 Å². The van der Waals surface area contributed by atoms with E-state index >= 15 is 0 Å². The summed E-state index contributed by atoms with van der Waals surface area (Å²) in [6, 6.07) is 3.92. The Morgan fingerprint density at radius 3 is 2.43 bits per heavy atom. The largest absolute Gasteiger partial charge is 0.480 e. The number of nitro benzene ring substituents is 1. The number of aryl methyl sites for hydroxylation is 1. The van der Waals surface area contributed by atoms with Gasteiger partial charge in [-0.25, -0.2) is 0 Å². The van der Waals surface area contributed by atoms with E-state index < -0.39 is 23.3 Å². The first-order valence-corrected chi connectivity index (χ1v) is 6.48. The minimum Gasteiger partial charge on any atom is -0.480 e. The standard InChI is InChI=1S/C14H18N2O5/c1-9(2)7-15(8-13(17)18)14(19)12-5-4-11(16(20)21)6-10(12)3/h4-6,9H,7-8H2,1-3H3,(H,17,18). The molecular weight excluding hydrogens is 276 g/mol. The summed E-state index contributed by atoms with van der Waals surface area (Å²) in [5, 5.41) is 19.6. The lowest BCUT2D eigenvalue weighted by Crippen LogP contribution is -2.38. The number of amides is 1. The number of carbonyl (C=O) groups is 2. The molecule has 0 radical (unpaired) electrons. The smallest absolute Gasteiger partial charge is 0.323 e. The first-order chi connectivity index (χ1) is 9.72. The summed E-state index contributed by atoms with van der Waals surface area (Å²) in [6.45, 7) is 5.26. The molecule has 0 spiro atoms. The maximum absolute atomic E-state index is 12.4. The predicted octanol–water partition coefficient (Wildman–Crippen LogP) is 2.09. The van der Waals surface area contributed by atoms with Crippen molar-refractivity contribution < 1.29 is 19.6 Å². The Balaban J connectivity index is 3.08. The zero-order chi connectivity index (χ0) is 16.2. The molecule has 0 saturated carbocycles. The van der Waals surface area contributed by atoms with Gasteiger partial charge in [0, 0.05) is 24.2 Å². The van der Waals surface area contributed by atoms with Crippen molar-refractivity contribution >= 4 is 17.6 Å². The maximum Gasteiger partial charge on any atom is 0.323 e. The Hall–Kier alpha value is -2.44. The number of nitrogens with zero attached hydrogens (tertiary/aromatic N) is 2. The van der Waals surface area contributed by atoms with Crippen LogP contribution in [0.1, 0.15) is 29.8 Å². The fraction of sp³-hybridized carbons (Fsp3) is 0.429. The third-order valence-corrected chi connectivity index (χ3v) is 2.85. The number of hydrogen-bond acceptors (Lipinski definition) is 4. The van der Waals surface area contributed by atoms with Gasteiger partial charge in [0.05, 0.1) is 4.92 Å². The normalized spacial score (nSPS) is 10.5. The van der Waals surface area contributed by atoms with Gasteiger partial charge in [-0.2, -0.15) is 0 Å². The van der Waals surface area contributed by atoms with Gasteiger partial charge in [-0.15, -0.1) is 0 Å². The highest BCUT2D eigenvalue weighted by atomic mass is 16.6. The summed E-state index contributed by atoms with van der Waals surface area (Å²) in [4.78, 5) is 34.7. The van der Waals surface area contributed by atoms with Gasteiger partial charge >= 0.3 is 5.97 Å². The molecule has 0 atom stereocenters. The summed E-state index contributed by atoms with van der Waals surface area (Å²) in [7, 11) is 0. The zero-order valence-electron chi connectivity index (χ0n) is 12.2. The Labute approximate surface area is 122 Å². The van der Waals surface area contributed by atoms with E-state index in [4.69, 9.17) is 5.11 Å². The molecule has 0 bridgehead atoms. The van der Waals surface area contributed by atoms with E-state index in [-0.39, 0.29) is 17.2 Å². The lowest BCUT2D eigenvalue weighted by Gasteiger charge is -2.23. The number of benzene rings is 1. The number of carboxylic acid groups (broad SMARTS) is 1. The number of hydrogen-bond donors (Lipinski definition) is 1. The highest BCUT2D eigenvalue weighted by Crippen LogP contribution is 2.19. The summed E-state index contributed by atoms with van der Waals surface area (Å²) >= 11 is 0. The second-order valence-corrected chi connectivity index (χ2v) is 5.23. The molecular formula is C14H18N2O5. The monoisotopic (exact) mass is 294 g/mol. The first kappa shape index (κ1) is 16.6. The van der Waals surface area contributed by atoms with Crippen LogP contribution in [0.2, 0.25) is 0 Å². The molecule has 0 fully saturated rings. The van der Waals surface area contributed by atoms with Crippen LogP contribution in [-0.2, 0) is 4.79 Å². The first-order valence-electron chi connectivity index (χ1n) is 6.48. The van der Waals surface area contributed by atoms with Crippen molar-refractivity contribution in [1.29, 1.82) is 0 Å². The molecule has 0 aliphatic carbocycles. The molecule has 7 heteroatoms. The molecule has 0 aromatic heterocycles. The maximum atomic E-state index is 12.4. The van der Waals surface area contributed by atoms with Crippen molar-refractivity contribution in [1.82, 2.24) is 4.90 Å². The number of non-ortho nitro benzene ring substituents is 1. The number of nitro groups is 1. The van der Waals surface area contributed by atoms with Crippen LogP contribution in [0, 0.1) is 23.0 Å². The summed E-state index contributed by atoms with van der Waals surface area (Å²) < 4.78 is 0. The van der Waals surface area contributed by atoms with Crippen LogP contribution >= 0.6 is 0 Å². The van der Waals surface area contributed by atoms with Crippen LogP contribution in [0.25, 0.3) is 0 Å². The molecule has 1 amide bonds. The Kier molecular flexibility index (Phi) is 5.40. The highest BCUT2D eigenvalue weighted by molar-refractivity contribution is 5.97. The molecule has 1 N–H and O–H groups in total. The number of rotatable bonds is 6. The van der Waals surface area contributed by atoms with Crippen LogP contribution in [0.5, 0.6) is 0 Å². The molecule has 1 aromatic carbocycles. The van der Waals surface area contributed by atoms with E-state index in [1.54, 1.807) is 6.92 Å². The van der Waals surface area contributed by atoms with E-state index in [0.29, 0.717) is 12.1 Å². The molecule has 7 nitrogen and oxygen atoms in total. The van der Waals surface area contributed by atoms with Gasteiger partial charge < -0.3 is 10.0 Å². The van der Waals surface area contributed by atoms with Crippen LogP contribution < -0.4 is 0 Å². The SMILES string of the molecule is Cc1cc([N+](=O)[O-])ccc1C(=O)N(CC(=O)O)CC(C)C. The van der Waals surface area contributed by atoms with Gasteiger partial charge in [-0.05, 0) is 24.5 Å². The molecule has 21 heavy (non-hydrogen) atoms. The molecule has 0 aliphatic rings. The Morgan fingerprint density at radius 1 is 1.38 bits per heavy atom. The average Bonchev–Trinajstić information content (AvgIpc) is 2.35. The fourth-order valence-corrected chi connectivity index (χ4v) is 2.00. The summed E-state index contributed by atoms with van der Waals surface area (Å²) in [5.41, 5.74) is 0.633. The van der Waals surface area contributed by atoms with Crippen LogP contribution in [0.3, 0.4) is 0 Å². The molecule has 0 heterocycles.